The Hall–Kier alpha value is -5.63. The van der Waals surface area contributed by atoms with Crippen molar-refractivity contribution in [2.75, 3.05) is 0 Å². The maximum atomic E-state index is 10.4. The number of aldehydes is 2. The smallest absolute Gasteiger partial charge is 0.545 e. The molecule has 2 amide bonds. The number of carboxylic acid groups (broad SMARTS) is 2. The number of nitrogens with two attached hydrogens (primary N) is 2. The van der Waals surface area contributed by atoms with Gasteiger partial charge in [-0.3, -0.25) is 29.1 Å². The molecule has 15 heteroatoms. The number of carbonyl (C=O) groups is 6. The van der Waals surface area contributed by atoms with Gasteiger partial charge in [-0.2, -0.15) is 0 Å². The van der Waals surface area contributed by atoms with Crippen LogP contribution in [0.25, 0.3) is 0 Å². The van der Waals surface area contributed by atoms with Crippen molar-refractivity contribution in [3.05, 3.63) is 131 Å². The van der Waals surface area contributed by atoms with Crippen LogP contribution in [0.3, 0.4) is 0 Å². The minimum absolute atomic E-state index is 0. The van der Waals surface area contributed by atoms with Crippen molar-refractivity contribution in [2.24, 2.45) is 11.5 Å². The quantitative estimate of drug-likeness (QED) is 0.136. The number of amides is 2. The van der Waals surface area contributed by atoms with Crippen molar-refractivity contribution in [2.45, 2.75) is 0 Å². The van der Waals surface area contributed by atoms with E-state index in [0.29, 0.717) is 34.8 Å². The van der Waals surface area contributed by atoms with E-state index >= 15 is 0 Å². The number of primary amides is 2. The largest absolute Gasteiger partial charge is 2.00 e. The van der Waals surface area contributed by atoms with E-state index in [9.17, 15) is 39.0 Å². The van der Waals surface area contributed by atoms with E-state index in [4.69, 9.17) is 11.5 Å². The van der Waals surface area contributed by atoms with Crippen LogP contribution in [0.5, 0.6) is 0 Å². The van der Waals surface area contributed by atoms with Gasteiger partial charge in [0.05, 0.1) is 23.1 Å². The van der Waals surface area contributed by atoms with Gasteiger partial charge in [-0.1, -0.05) is 48.5 Å². The molecule has 43 heavy (non-hydrogen) atoms. The zero-order chi connectivity index (χ0) is 29.9. The summed E-state index contributed by atoms with van der Waals surface area (Å²) in [6.07, 6.45) is 7.35. The van der Waals surface area contributed by atoms with Crippen molar-refractivity contribution >= 4 is 36.3 Å². The molecular formula is C28H28N4NiO10+2. The molecule has 0 aliphatic rings. The van der Waals surface area contributed by atoms with Crippen molar-refractivity contribution in [1.29, 1.82) is 0 Å². The average molecular weight is 639 g/mol. The van der Waals surface area contributed by atoms with Crippen LogP contribution in [0.2, 0.25) is 0 Å². The van der Waals surface area contributed by atoms with Gasteiger partial charge in [0.15, 0.2) is 0 Å². The number of hydrogen-bond acceptors (Lipinski definition) is 10. The molecular weight excluding hydrogens is 611 g/mol. The molecule has 14 nitrogen and oxygen atoms in total. The fourth-order valence-electron chi connectivity index (χ4n) is 2.41. The van der Waals surface area contributed by atoms with Crippen LogP contribution in [0, 0.1) is 0 Å². The van der Waals surface area contributed by atoms with E-state index in [1.807, 2.05) is 0 Å². The second kappa shape index (κ2) is 23.1. The van der Waals surface area contributed by atoms with Crippen LogP contribution < -0.4 is 21.7 Å². The fourth-order valence-corrected chi connectivity index (χ4v) is 2.41. The third-order valence-electron chi connectivity index (χ3n) is 4.46. The predicted octanol–water partition coefficient (Wildman–Crippen LogP) is -1.76. The summed E-state index contributed by atoms with van der Waals surface area (Å²) in [6, 6.07) is 17.6. The zero-order valence-corrected chi connectivity index (χ0v) is 23.2. The third-order valence-corrected chi connectivity index (χ3v) is 4.46. The van der Waals surface area contributed by atoms with E-state index in [1.54, 1.807) is 36.7 Å². The number of carboxylic acids is 2. The molecule has 4 aromatic rings. The Bertz CT molecular complexity index is 1310. The van der Waals surface area contributed by atoms with Crippen molar-refractivity contribution in [3.63, 3.8) is 0 Å². The van der Waals surface area contributed by atoms with Gasteiger partial charge in [0.1, 0.15) is 12.6 Å². The first-order valence-corrected chi connectivity index (χ1v) is 11.0. The molecule has 2 heterocycles. The summed E-state index contributed by atoms with van der Waals surface area (Å²) in [5, 5.41) is 20.4. The second-order valence-electron chi connectivity index (χ2n) is 7.27. The monoisotopic (exact) mass is 638 g/mol. The minimum atomic E-state index is -1.23. The molecule has 2 aromatic carbocycles. The average Bonchev–Trinajstić information content (AvgIpc) is 2.99. The van der Waals surface area contributed by atoms with Crippen LogP contribution in [-0.2, 0) is 27.4 Å². The molecule has 0 atom stereocenters. The van der Waals surface area contributed by atoms with E-state index in [2.05, 4.69) is 9.97 Å². The van der Waals surface area contributed by atoms with Crippen LogP contribution in [0.15, 0.2) is 97.6 Å². The number of nitrogens with zero attached hydrogens (tertiary/aromatic N) is 2. The number of benzene rings is 2. The number of pyridine rings is 2. The molecule has 10 N–H and O–H groups in total. The molecule has 228 valence electrons. The van der Waals surface area contributed by atoms with Crippen LogP contribution >= 0.6 is 0 Å². The molecule has 0 aliphatic carbocycles. The van der Waals surface area contributed by atoms with Crippen molar-refractivity contribution < 1.29 is 66.4 Å². The van der Waals surface area contributed by atoms with E-state index in [0.717, 1.165) is 0 Å². The SMILES string of the molecule is NC(=O)c1cccnc1.NC(=O)c1cccnc1.O=Cc1ccc(C(=O)[O-])cc1.O=Cc1ccc(C(=O)[O-])cc1.[Ni+2].[OH3+].[OH3+]. The van der Waals surface area contributed by atoms with Crippen molar-refractivity contribution in [3.8, 4) is 0 Å². The summed E-state index contributed by atoms with van der Waals surface area (Å²) in [5.74, 6) is -3.35. The number of hydrogen-bond donors (Lipinski definition) is 2. The number of aromatic carboxylic acids is 2. The summed E-state index contributed by atoms with van der Waals surface area (Å²) >= 11 is 0. The topological polar surface area (TPSA) is 292 Å². The summed E-state index contributed by atoms with van der Waals surface area (Å²) < 4.78 is 0. The Morgan fingerprint density at radius 1 is 0.558 bits per heavy atom. The molecule has 2 aromatic heterocycles. The Balaban J connectivity index is -0.000000487. The second-order valence-corrected chi connectivity index (χ2v) is 7.27. The Labute approximate surface area is 254 Å². The normalized spacial score (nSPS) is 8.37. The van der Waals surface area contributed by atoms with Gasteiger partial charge in [-0.05, 0) is 35.4 Å². The van der Waals surface area contributed by atoms with Gasteiger partial charge in [0.25, 0.3) is 0 Å². The van der Waals surface area contributed by atoms with Gasteiger partial charge >= 0.3 is 16.5 Å². The third kappa shape index (κ3) is 16.9. The van der Waals surface area contributed by atoms with E-state index in [-0.39, 0.29) is 38.6 Å². The summed E-state index contributed by atoms with van der Waals surface area (Å²) in [5.41, 5.74) is 11.8. The number of rotatable bonds is 6. The first-order chi connectivity index (χ1) is 19.1. The number of aromatic nitrogens is 2. The van der Waals surface area contributed by atoms with Crippen molar-refractivity contribution in [1.82, 2.24) is 9.97 Å². The Kier molecular flexibility index (Phi) is 22.5. The molecule has 0 radical (unpaired) electrons. The zero-order valence-electron chi connectivity index (χ0n) is 22.2. The van der Waals surface area contributed by atoms with Gasteiger partial charge < -0.3 is 42.2 Å². The molecule has 0 bridgehead atoms. The Morgan fingerprint density at radius 2 is 0.860 bits per heavy atom. The van der Waals surface area contributed by atoms with Gasteiger partial charge in [0, 0.05) is 35.9 Å². The summed E-state index contributed by atoms with van der Waals surface area (Å²) in [6.45, 7) is 0. The van der Waals surface area contributed by atoms with E-state index in [1.165, 1.54) is 60.9 Å². The van der Waals surface area contributed by atoms with Gasteiger partial charge in [0.2, 0.25) is 11.8 Å². The standard InChI is InChI=1S/2C8H6O3.2C6H6N2O.Ni.2H2O/c2*9-5-6-1-3-7(4-2-6)8(10)11;2*7-6(9)5-2-1-3-8-4-5;;;/h2*1-5H,(H,10,11);2*1-4H,(H2,7,9);;2*1H2/q;;;;+2;;. The maximum absolute atomic E-state index is 10.4. The predicted molar refractivity (Wildman–Crippen MR) is 148 cm³/mol. The molecule has 0 unspecified atom stereocenters. The van der Waals surface area contributed by atoms with Gasteiger partial charge in [-0.15, -0.1) is 0 Å². The minimum Gasteiger partial charge on any atom is -0.545 e. The Morgan fingerprint density at radius 3 is 1.02 bits per heavy atom. The molecule has 4 rings (SSSR count). The maximum Gasteiger partial charge on any atom is 2.00 e. The first kappa shape index (κ1) is 41.8. The van der Waals surface area contributed by atoms with E-state index < -0.39 is 23.8 Å². The van der Waals surface area contributed by atoms with Gasteiger partial charge in [-0.25, -0.2) is 0 Å². The molecule has 0 fully saturated rings. The molecule has 0 aliphatic heterocycles. The van der Waals surface area contributed by atoms with Crippen LogP contribution in [0.4, 0.5) is 0 Å². The van der Waals surface area contributed by atoms with Crippen LogP contribution in [0.1, 0.15) is 62.1 Å². The molecule has 0 spiro atoms. The molecule has 0 saturated heterocycles. The fraction of sp³-hybridized carbons (Fsp3) is 0. The number of carbonyl (C=O) groups excluding carboxylic acids is 6. The first-order valence-electron chi connectivity index (χ1n) is 11.0. The summed E-state index contributed by atoms with van der Waals surface area (Å²) in [4.78, 5) is 68.8. The van der Waals surface area contributed by atoms with Crippen LogP contribution in [-0.4, -0.2) is 46.3 Å². The summed E-state index contributed by atoms with van der Waals surface area (Å²) in [7, 11) is 0. The molecule has 0 saturated carbocycles.